The summed E-state index contributed by atoms with van der Waals surface area (Å²) < 4.78 is 80.4. The van der Waals surface area contributed by atoms with Crippen molar-refractivity contribution in [1.29, 1.82) is 0 Å². The summed E-state index contributed by atoms with van der Waals surface area (Å²) in [6, 6.07) is 8.98. The predicted octanol–water partition coefficient (Wildman–Crippen LogP) is 3.00. The monoisotopic (exact) mass is 458 g/mol. The lowest BCUT2D eigenvalue weighted by atomic mass is 10.1. The van der Waals surface area contributed by atoms with E-state index in [4.69, 9.17) is 0 Å². The van der Waals surface area contributed by atoms with E-state index in [1.165, 1.54) is 4.31 Å². The fraction of sp³-hybridized carbons (Fsp3) is 0.400. The standard InChI is InChI=1S/C20H24F2N2O4S2/c1-2-3-4-16-5-8-18(9-6-16)29(25,26)23-11-13-24(14-12-23)30(27,28)20-10-7-17(21)15-19(20)22/h5-10,15H,2-4,11-14H2,1H3. The molecule has 6 nitrogen and oxygen atoms in total. The van der Waals surface area contributed by atoms with Gasteiger partial charge < -0.3 is 0 Å². The van der Waals surface area contributed by atoms with Crippen LogP contribution in [0.4, 0.5) is 8.78 Å². The molecular weight excluding hydrogens is 434 g/mol. The fourth-order valence-corrected chi connectivity index (χ4v) is 6.22. The van der Waals surface area contributed by atoms with Crippen molar-refractivity contribution < 1.29 is 25.6 Å². The minimum absolute atomic E-state index is 0.0536. The molecule has 0 saturated carbocycles. The van der Waals surface area contributed by atoms with Gasteiger partial charge in [0.2, 0.25) is 20.0 Å². The average molecular weight is 459 g/mol. The van der Waals surface area contributed by atoms with Gasteiger partial charge in [0.25, 0.3) is 0 Å². The van der Waals surface area contributed by atoms with Gasteiger partial charge in [-0.25, -0.2) is 25.6 Å². The Labute approximate surface area is 176 Å². The number of nitrogens with zero attached hydrogens (tertiary/aromatic N) is 2. The molecule has 30 heavy (non-hydrogen) atoms. The molecule has 1 saturated heterocycles. The molecule has 0 amide bonds. The third-order valence-electron chi connectivity index (χ3n) is 5.09. The summed E-state index contributed by atoms with van der Waals surface area (Å²) in [4.78, 5) is -0.466. The van der Waals surface area contributed by atoms with Gasteiger partial charge in [-0.2, -0.15) is 8.61 Å². The molecule has 3 rings (SSSR count). The third-order valence-corrected chi connectivity index (χ3v) is 8.93. The molecule has 1 aliphatic rings. The van der Waals surface area contributed by atoms with Crippen LogP contribution in [0.1, 0.15) is 25.3 Å². The molecule has 0 bridgehead atoms. The molecule has 0 spiro atoms. The molecule has 164 valence electrons. The number of sulfonamides is 2. The minimum Gasteiger partial charge on any atom is -0.207 e. The Morgan fingerprint density at radius 3 is 1.93 bits per heavy atom. The Balaban J connectivity index is 1.71. The van der Waals surface area contributed by atoms with E-state index in [-0.39, 0.29) is 31.1 Å². The number of rotatable bonds is 7. The van der Waals surface area contributed by atoms with Crippen LogP contribution in [0.25, 0.3) is 0 Å². The van der Waals surface area contributed by atoms with Gasteiger partial charge in [-0.1, -0.05) is 25.5 Å². The summed E-state index contributed by atoms with van der Waals surface area (Å²) in [5.41, 5.74) is 1.06. The van der Waals surface area contributed by atoms with Crippen LogP contribution in [0.3, 0.4) is 0 Å². The van der Waals surface area contributed by atoms with Crippen LogP contribution >= 0.6 is 0 Å². The van der Waals surface area contributed by atoms with E-state index < -0.39 is 36.6 Å². The van der Waals surface area contributed by atoms with E-state index in [0.29, 0.717) is 6.07 Å². The molecule has 1 aliphatic heterocycles. The summed E-state index contributed by atoms with van der Waals surface area (Å²) >= 11 is 0. The predicted molar refractivity (Wildman–Crippen MR) is 109 cm³/mol. The van der Waals surface area contributed by atoms with Crippen LogP contribution in [-0.4, -0.2) is 51.6 Å². The molecule has 0 aromatic heterocycles. The second-order valence-electron chi connectivity index (χ2n) is 7.13. The van der Waals surface area contributed by atoms with Crippen molar-refractivity contribution in [3.05, 3.63) is 59.7 Å². The van der Waals surface area contributed by atoms with Crippen LogP contribution in [0.2, 0.25) is 0 Å². The first-order valence-electron chi connectivity index (χ1n) is 9.70. The average Bonchev–Trinajstić information content (AvgIpc) is 2.72. The van der Waals surface area contributed by atoms with Crippen LogP contribution in [-0.2, 0) is 26.5 Å². The Bertz CT molecular complexity index is 1100. The number of piperazine rings is 1. The van der Waals surface area contributed by atoms with Crippen molar-refractivity contribution in [3.8, 4) is 0 Å². The molecule has 0 unspecified atom stereocenters. The van der Waals surface area contributed by atoms with Crippen LogP contribution < -0.4 is 0 Å². The third kappa shape index (κ3) is 4.72. The number of hydrogen-bond donors (Lipinski definition) is 0. The molecule has 0 aliphatic carbocycles. The van der Waals surface area contributed by atoms with Crippen LogP contribution in [0, 0.1) is 11.6 Å². The zero-order valence-electron chi connectivity index (χ0n) is 16.6. The fourth-order valence-electron chi connectivity index (χ4n) is 3.33. The highest BCUT2D eigenvalue weighted by Gasteiger charge is 2.35. The smallest absolute Gasteiger partial charge is 0.207 e. The maximum absolute atomic E-state index is 13.9. The van der Waals surface area contributed by atoms with Gasteiger partial charge in [-0.05, 0) is 42.7 Å². The molecule has 1 fully saturated rings. The van der Waals surface area contributed by atoms with E-state index in [0.717, 1.165) is 41.3 Å². The Morgan fingerprint density at radius 2 is 1.40 bits per heavy atom. The summed E-state index contributed by atoms with van der Waals surface area (Å²) in [5.74, 6) is -2.05. The highest BCUT2D eigenvalue weighted by atomic mass is 32.2. The topological polar surface area (TPSA) is 74.8 Å². The van der Waals surface area contributed by atoms with Crippen molar-refractivity contribution in [1.82, 2.24) is 8.61 Å². The van der Waals surface area contributed by atoms with E-state index in [1.54, 1.807) is 24.3 Å². The zero-order valence-corrected chi connectivity index (χ0v) is 18.2. The van der Waals surface area contributed by atoms with Gasteiger partial charge in [0.15, 0.2) is 0 Å². The molecule has 2 aromatic rings. The summed E-state index contributed by atoms with van der Waals surface area (Å²) in [7, 11) is -7.95. The number of benzene rings is 2. The van der Waals surface area contributed by atoms with Crippen molar-refractivity contribution in [2.45, 2.75) is 36.0 Å². The molecule has 1 heterocycles. The van der Waals surface area contributed by atoms with Crippen molar-refractivity contribution in [2.75, 3.05) is 26.2 Å². The van der Waals surface area contributed by atoms with Gasteiger partial charge in [-0.3, -0.25) is 0 Å². The van der Waals surface area contributed by atoms with Gasteiger partial charge in [0.1, 0.15) is 16.5 Å². The normalized spacial score (nSPS) is 16.6. The maximum atomic E-state index is 13.9. The lowest BCUT2D eigenvalue weighted by Crippen LogP contribution is -2.50. The van der Waals surface area contributed by atoms with Crippen molar-refractivity contribution in [2.24, 2.45) is 0 Å². The summed E-state index contributed by atoms with van der Waals surface area (Å²) in [6.07, 6.45) is 2.96. The molecule has 10 heteroatoms. The molecule has 2 aromatic carbocycles. The quantitative estimate of drug-likeness (QED) is 0.639. The highest BCUT2D eigenvalue weighted by molar-refractivity contribution is 7.89. The second kappa shape index (κ2) is 9.09. The van der Waals surface area contributed by atoms with E-state index in [1.807, 2.05) is 0 Å². The first-order chi connectivity index (χ1) is 14.2. The number of unbranched alkanes of at least 4 members (excludes halogenated alkanes) is 1. The number of aryl methyl sites for hydroxylation is 1. The molecule has 0 N–H and O–H groups in total. The lowest BCUT2D eigenvalue weighted by molar-refractivity contribution is 0.272. The Kier molecular flexibility index (Phi) is 6.91. The number of hydrogen-bond acceptors (Lipinski definition) is 4. The lowest BCUT2D eigenvalue weighted by Gasteiger charge is -2.33. The summed E-state index contributed by atoms with van der Waals surface area (Å²) in [5, 5.41) is 0. The van der Waals surface area contributed by atoms with Gasteiger partial charge >= 0.3 is 0 Å². The summed E-state index contributed by atoms with van der Waals surface area (Å²) in [6.45, 7) is 1.74. The molecule has 0 atom stereocenters. The van der Waals surface area contributed by atoms with Crippen molar-refractivity contribution >= 4 is 20.0 Å². The van der Waals surface area contributed by atoms with Crippen LogP contribution in [0.15, 0.2) is 52.3 Å². The first-order valence-corrected chi connectivity index (χ1v) is 12.6. The largest absolute Gasteiger partial charge is 0.246 e. The van der Waals surface area contributed by atoms with Gasteiger partial charge in [0, 0.05) is 32.2 Å². The highest BCUT2D eigenvalue weighted by Crippen LogP contribution is 2.24. The van der Waals surface area contributed by atoms with Crippen molar-refractivity contribution in [3.63, 3.8) is 0 Å². The zero-order chi connectivity index (χ0) is 21.9. The van der Waals surface area contributed by atoms with Gasteiger partial charge in [0.05, 0.1) is 4.90 Å². The van der Waals surface area contributed by atoms with E-state index in [9.17, 15) is 25.6 Å². The second-order valence-corrected chi connectivity index (χ2v) is 11.0. The number of halogens is 2. The SMILES string of the molecule is CCCCc1ccc(S(=O)(=O)N2CCN(S(=O)(=O)c3ccc(F)cc3F)CC2)cc1. The molecule has 0 radical (unpaired) electrons. The Morgan fingerprint density at radius 1 is 0.833 bits per heavy atom. The first kappa shape index (κ1) is 22.8. The van der Waals surface area contributed by atoms with Crippen LogP contribution in [0.5, 0.6) is 0 Å². The molecular formula is C20H24F2N2O4S2. The van der Waals surface area contributed by atoms with E-state index >= 15 is 0 Å². The minimum atomic E-state index is -4.19. The van der Waals surface area contributed by atoms with Gasteiger partial charge in [-0.15, -0.1) is 0 Å². The Hall–Kier alpha value is -1.88. The van der Waals surface area contributed by atoms with E-state index in [2.05, 4.69) is 6.92 Å². The maximum Gasteiger partial charge on any atom is 0.246 e.